The van der Waals surface area contributed by atoms with Crippen molar-refractivity contribution in [1.82, 2.24) is 0 Å². The predicted octanol–water partition coefficient (Wildman–Crippen LogP) is 37.3. The van der Waals surface area contributed by atoms with Crippen LogP contribution >= 0.6 is 0 Å². The molecule has 28 aromatic rings. The molecule has 150 heavy (non-hydrogen) atoms. The van der Waals surface area contributed by atoms with Crippen LogP contribution < -0.4 is 9.80 Å². The molecule has 0 N–H and O–H groups in total. The van der Waals surface area contributed by atoms with Crippen molar-refractivity contribution in [1.29, 1.82) is 10.5 Å². The summed E-state index contributed by atoms with van der Waals surface area (Å²) in [5, 5.41) is 51.6. The second-order valence-electron chi connectivity index (χ2n) is 38.3. The average Bonchev–Trinajstić information content (AvgIpc) is 0.703. The van der Waals surface area contributed by atoms with Crippen LogP contribution in [-0.2, 0) is 0 Å². The quantitative estimate of drug-likeness (QED) is 0.0778. The molecule has 28 aromatic carbocycles. The summed E-state index contributed by atoms with van der Waals surface area (Å²) in [7, 11) is 0. The molecule has 0 aliphatic heterocycles. The lowest BCUT2D eigenvalue weighted by atomic mass is 9.81. The smallest absolute Gasteiger partial charge is 0.0991 e. The highest BCUT2D eigenvalue weighted by atomic mass is 15.1. The molecule has 0 spiro atoms. The highest BCUT2D eigenvalue weighted by Gasteiger charge is 2.28. The van der Waals surface area contributed by atoms with Gasteiger partial charge in [-0.1, -0.05) is 363 Å². The maximum absolute atomic E-state index is 9.50. The summed E-state index contributed by atoms with van der Waals surface area (Å²) in [6.45, 7) is 0. The van der Waals surface area contributed by atoms with Gasteiger partial charge in [0.25, 0.3) is 0 Å². The van der Waals surface area contributed by atoms with Crippen molar-refractivity contribution in [3.8, 4) is 104 Å². The predicted molar refractivity (Wildman–Crippen MR) is 631 cm³/mol. The molecule has 4 heteroatoms. The van der Waals surface area contributed by atoms with Gasteiger partial charge in [0.15, 0.2) is 0 Å². The molecule has 0 aliphatic rings. The first-order valence-electron chi connectivity index (χ1n) is 50.6. The van der Waals surface area contributed by atoms with Crippen molar-refractivity contribution >= 4 is 185 Å². The van der Waals surface area contributed by atoms with E-state index in [0.717, 1.165) is 144 Å². The highest BCUT2D eigenvalue weighted by Crippen LogP contribution is 2.54. The molecule has 0 atom stereocenters. The summed E-state index contributed by atoms with van der Waals surface area (Å²) in [4.78, 5) is 4.57. The maximum Gasteiger partial charge on any atom is 0.0991 e. The Morgan fingerprint density at radius 2 is 0.300 bits per heavy atom. The molecule has 0 aliphatic carbocycles. The first kappa shape index (κ1) is 88.1. The number of rotatable bonds is 10. The molecule has 0 amide bonds. The standard InChI is InChI=1S/C84H52N2.C62H32N2/c1-5-25-65(26-6-1)85(66-27-7-2-8-28-66)69-45-39-57(40-46-69)37-43-63-55-79(81-71-33-17-13-21-59(71)53-60-22-14-18-34-72(60)81)77-52-50-76-64(44-38-58-41-47-70(48-42-58)86(67-29-9-3-10-30-67)68-31-11-4-12-32-68)56-80(78-51-49-75(63)83(77)84(76)78)82-73-35-19-15-23-61(73)54-62-24-16-20-36-74(62)82;63-37-41-21-17-39(18-22-41)25-27-47-35-57(59-49-13-5-1-9-43(49)33-44-10-2-6-14-50(44)59)55-31-29-54-48(28-26-40-19-23-42(38-64)24-20-40)36-58(56-32-30-53(47)61(55)62(54)56)60-51-15-7-3-11-45(51)34-46-12-4-8-16-52(46)60/h1-36,39-42,45-56H;1-24,29-36H. The molecular weight excluding hydrogens is 1810 g/mol. The molecule has 4 nitrogen and oxygen atoms in total. The SMILES string of the molecule is C(#Cc1cc(-c2c3ccccc3cc3ccccc23)c2ccc3c(C#Cc4ccc(N(c5ccccc5)c5ccccc5)cc4)cc(-c4c5ccccc5cc5ccccc45)c4ccc1c2c34)c1ccc(N(c2ccccc2)c2ccccc2)cc1.N#Cc1ccc(C#Cc2cc(-c3c4ccccc4cc4ccccc34)c3ccc4c(C#Cc5ccc(C#N)cc5)cc(-c5c6ccccc6cc6ccccc56)c5ccc2c3c45)cc1. The van der Waals surface area contributed by atoms with Gasteiger partial charge >= 0.3 is 0 Å². The normalized spacial score (nSPS) is 11.2. The second kappa shape index (κ2) is 37.5. The van der Waals surface area contributed by atoms with E-state index >= 15 is 0 Å². The monoisotopic (exact) mass is 1890 g/mol. The van der Waals surface area contributed by atoms with Gasteiger partial charge in [0.05, 0.1) is 23.3 Å². The number of hydrogen-bond acceptors (Lipinski definition) is 4. The van der Waals surface area contributed by atoms with Gasteiger partial charge < -0.3 is 9.80 Å². The van der Waals surface area contributed by atoms with Crippen molar-refractivity contribution < 1.29 is 0 Å². The lowest BCUT2D eigenvalue weighted by Crippen LogP contribution is -2.09. The van der Waals surface area contributed by atoms with Gasteiger partial charge in [-0.3, -0.25) is 0 Å². The van der Waals surface area contributed by atoms with E-state index in [-0.39, 0.29) is 0 Å². The Kier molecular flexibility index (Phi) is 22.0. The Morgan fingerprint density at radius 3 is 0.500 bits per heavy atom. The van der Waals surface area contributed by atoms with Crippen LogP contribution in [0.2, 0.25) is 0 Å². The van der Waals surface area contributed by atoms with Crippen molar-refractivity contribution in [2.24, 2.45) is 0 Å². The van der Waals surface area contributed by atoms with E-state index in [2.05, 4.69) is 530 Å². The van der Waals surface area contributed by atoms with Crippen LogP contribution in [0.15, 0.2) is 510 Å². The third kappa shape index (κ3) is 15.7. The van der Waals surface area contributed by atoms with E-state index in [0.29, 0.717) is 11.1 Å². The summed E-state index contributed by atoms with van der Waals surface area (Å²) in [5.74, 6) is 29.3. The Labute approximate surface area is 868 Å². The number of hydrogen-bond donors (Lipinski definition) is 0. The van der Waals surface area contributed by atoms with Gasteiger partial charge in [-0.25, -0.2) is 0 Å². The fourth-order valence-electron chi connectivity index (χ4n) is 22.8. The van der Waals surface area contributed by atoms with Crippen LogP contribution in [0, 0.1) is 70.0 Å². The van der Waals surface area contributed by atoms with Gasteiger partial charge in [-0.15, -0.1) is 0 Å². The van der Waals surface area contributed by atoms with Gasteiger partial charge in [-0.05, 0) is 389 Å². The molecule has 28 rings (SSSR count). The molecule has 0 radical (unpaired) electrons. The van der Waals surface area contributed by atoms with Crippen molar-refractivity contribution in [3.63, 3.8) is 0 Å². The summed E-state index contributed by atoms with van der Waals surface area (Å²) >= 11 is 0. The number of anilines is 6. The zero-order valence-corrected chi connectivity index (χ0v) is 81.3. The van der Waals surface area contributed by atoms with E-state index in [1.54, 1.807) is 0 Å². The minimum absolute atomic E-state index is 0.603. The van der Waals surface area contributed by atoms with Crippen LogP contribution in [-0.4, -0.2) is 0 Å². The van der Waals surface area contributed by atoms with E-state index in [1.807, 2.05) is 48.5 Å². The number of nitriles is 2. The first-order valence-corrected chi connectivity index (χ1v) is 50.6. The summed E-state index contributed by atoms with van der Waals surface area (Å²) in [5.41, 5.74) is 24.3. The van der Waals surface area contributed by atoms with Crippen LogP contribution in [0.4, 0.5) is 34.1 Å². The van der Waals surface area contributed by atoms with Crippen molar-refractivity contribution in [2.45, 2.75) is 0 Å². The fraction of sp³-hybridized carbons (Fsp3) is 0. The fourth-order valence-corrected chi connectivity index (χ4v) is 22.8. The summed E-state index contributed by atoms with van der Waals surface area (Å²) < 4.78 is 0. The summed E-state index contributed by atoms with van der Waals surface area (Å²) in [6.07, 6.45) is 0. The van der Waals surface area contributed by atoms with E-state index < -0.39 is 0 Å². The molecule has 0 aromatic heterocycles. The minimum Gasteiger partial charge on any atom is -0.311 e. The molecule has 0 bridgehead atoms. The van der Waals surface area contributed by atoms with E-state index in [9.17, 15) is 10.5 Å². The maximum atomic E-state index is 9.50. The van der Waals surface area contributed by atoms with Crippen LogP contribution in [0.5, 0.6) is 0 Å². The van der Waals surface area contributed by atoms with Gasteiger partial charge in [-0.2, -0.15) is 10.5 Å². The van der Waals surface area contributed by atoms with Gasteiger partial charge in [0.2, 0.25) is 0 Å². The van der Waals surface area contributed by atoms with Crippen molar-refractivity contribution in [3.05, 3.63) is 565 Å². The van der Waals surface area contributed by atoms with E-state index in [1.165, 1.54) is 130 Å². The molecule has 0 fully saturated rings. The number of para-hydroxylation sites is 4. The lowest BCUT2D eigenvalue weighted by molar-refractivity contribution is 1.28. The minimum atomic E-state index is 0.603. The Morgan fingerprint density at radius 1 is 0.133 bits per heavy atom. The highest BCUT2D eigenvalue weighted by molar-refractivity contribution is 6.35. The van der Waals surface area contributed by atoms with Gasteiger partial charge in [0.1, 0.15) is 0 Å². The number of nitrogens with zero attached hydrogens (tertiary/aromatic N) is 4. The lowest BCUT2D eigenvalue weighted by Gasteiger charge is -2.25. The second-order valence-corrected chi connectivity index (χ2v) is 38.3. The average molecular weight is 1890 g/mol. The van der Waals surface area contributed by atoms with Crippen LogP contribution in [0.1, 0.15) is 55.6 Å². The third-order valence-electron chi connectivity index (χ3n) is 29.7. The zero-order valence-electron chi connectivity index (χ0n) is 81.3. The topological polar surface area (TPSA) is 54.1 Å². The van der Waals surface area contributed by atoms with Crippen LogP contribution in [0.25, 0.3) is 195 Å². The summed E-state index contributed by atoms with van der Waals surface area (Å²) in [6, 6.07) is 186. The molecule has 0 unspecified atom stereocenters. The van der Waals surface area contributed by atoms with Crippen LogP contribution in [0.3, 0.4) is 0 Å². The van der Waals surface area contributed by atoms with Crippen molar-refractivity contribution in [2.75, 3.05) is 9.80 Å². The largest absolute Gasteiger partial charge is 0.311 e. The molecule has 0 heterocycles. The molecule has 0 saturated carbocycles. The first-order chi connectivity index (χ1) is 74.3. The molecule has 688 valence electrons. The Bertz CT molecular complexity index is 9830. The van der Waals surface area contributed by atoms with Gasteiger partial charge in [0, 0.05) is 78.6 Å². The number of benzene rings is 28. The Hall–Kier alpha value is -20.9. The third-order valence-corrected chi connectivity index (χ3v) is 29.7. The Balaban J connectivity index is 0.000000154. The molecular formula is C146H84N4. The molecule has 0 saturated heterocycles. The van der Waals surface area contributed by atoms with E-state index in [4.69, 9.17) is 0 Å². The number of fused-ring (bicyclic) bond motifs is 8. The zero-order chi connectivity index (χ0) is 99.6.